The van der Waals surface area contributed by atoms with E-state index in [0.29, 0.717) is 6.54 Å². The fourth-order valence-electron chi connectivity index (χ4n) is 0.906. The molecule has 1 aromatic heterocycles. The Morgan fingerprint density at radius 1 is 1.75 bits per heavy atom. The predicted octanol–water partition coefficient (Wildman–Crippen LogP) is 0.914. The third kappa shape index (κ3) is 2.57. The van der Waals surface area contributed by atoms with Crippen LogP contribution in [0.2, 0.25) is 0 Å². The van der Waals surface area contributed by atoms with Gasteiger partial charge in [0, 0.05) is 18.5 Å². The first-order chi connectivity index (χ1) is 5.68. The molecule has 1 aromatic rings. The molecule has 1 rings (SSSR count). The zero-order valence-electron chi connectivity index (χ0n) is 6.77. The zero-order chi connectivity index (χ0) is 8.97. The Bertz CT molecular complexity index is 288. The number of aliphatic carboxylic acids is 1. The van der Waals surface area contributed by atoms with Crippen molar-refractivity contribution < 1.29 is 9.90 Å². The highest BCUT2D eigenvalue weighted by molar-refractivity contribution is 5.80. The van der Waals surface area contributed by atoms with E-state index in [0.717, 1.165) is 5.57 Å². The lowest BCUT2D eigenvalue weighted by molar-refractivity contribution is -0.131. The first-order valence-corrected chi connectivity index (χ1v) is 3.56. The first kappa shape index (κ1) is 8.52. The van der Waals surface area contributed by atoms with Gasteiger partial charge < -0.3 is 5.11 Å². The molecule has 0 aliphatic carbocycles. The summed E-state index contributed by atoms with van der Waals surface area (Å²) < 4.78 is 1.68. The van der Waals surface area contributed by atoms with E-state index in [1.807, 2.05) is 0 Å². The van der Waals surface area contributed by atoms with Crippen LogP contribution in [0.5, 0.6) is 0 Å². The monoisotopic (exact) mass is 166 g/mol. The van der Waals surface area contributed by atoms with Gasteiger partial charge in [-0.05, 0) is 18.6 Å². The standard InChI is InChI=1S/C8H10N2O2/c1-7(5-8(11)12)6-10-4-2-3-9-10/h2-5H,6H2,1H3,(H,11,12). The highest BCUT2D eigenvalue weighted by Gasteiger charge is 1.95. The summed E-state index contributed by atoms with van der Waals surface area (Å²) in [5.74, 6) is -0.917. The maximum atomic E-state index is 10.2. The van der Waals surface area contributed by atoms with E-state index < -0.39 is 5.97 Å². The fourth-order valence-corrected chi connectivity index (χ4v) is 0.906. The molecule has 1 heterocycles. The summed E-state index contributed by atoms with van der Waals surface area (Å²) in [4.78, 5) is 10.2. The highest BCUT2D eigenvalue weighted by atomic mass is 16.4. The van der Waals surface area contributed by atoms with Crippen molar-refractivity contribution in [2.45, 2.75) is 13.5 Å². The van der Waals surface area contributed by atoms with Crippen molar-refractivity contribution in [3.8, 4) is 0 Å². The van der Waals surface area contributed by atoms with Crippen LogP contribution in [-0.4, -0.2) is 20.9 Å². The van der Waals surface area contributed by atoms with Gasteiger partial charge in [0.2, 0.25) is 0 Å². The van der Waals surface area contributed by atoms with E-state index in [1.165, 1.54) is 6.08 Å². The Morgan fingerprint density at radius 3 is 3.00 bits per heavy atom. The predicted molar refractivity (Wildman–Crippen MR) is 43.6 cm³/mol. The average molecular weight is 166 g/mol. The number of rotatable bonds is 3. The number of carboxylic acid groups (broad SMARTS) is 1. The third-order valence-corrected chi connectivity index (χ3v) is 1.34. The SMILES string of the molecule is CC(=CC(=O)O)Cn1cccn1. The Kier molecular flexibility index (Phi) is 2.63. The number of nitrogens with zero attached hydrogens (tertiary/aromatic N) is 2. The molecule has 0 atom stereocenters. The maximum Gasteiger partial charge on any atom is 0.328 e. The van der Waals surface area contributed by atoms with Crippen LogP contribution in [0.3, 0.4) is 0 Å². The number of aromatic nitrogens is 2. The van der Waals surface area contributed by atoms with Gasteiger partial charge in [0.25, 0.3) is 0 Å². The average Bonchev–Trinajstić information content (AvgIpc) is 2.37. The van der Waals surface area contributed by atoms with Gasteiger partial charge in [0.05, 0.1) is 6.54 Å². The molecular weight excluding hydrogens is 156 g/mol. The Balaban J connectivity index is 2.58. The largest absolute Gasteiger partial charge is 0.478 e. The van der Waals surface area contributed by atoms with Crippen molar-refractivity contribution >= 4 is 5.97 Å². The topological polar surface area (TPSA) is 55.1 Å². The lowest BCUT2D eigenvalue weighted by Gasteiger charge is -1.99. The van der Waals surface area contributed by atoms with E-state index in [2.05, 4.69) is 5.10 Å². The summed E-state index contributed by atoms with van der Waals surface area (Å²) in [6.07, 6.45) is 4.63. The zero-order valence-corrected chi connectivity index (χ0v) is 6.77. The number of carboxylic acids is 1. The number of hydrogen-bond acceptors (Lipinski definition) is 2. The van der Waals surface area contributed by atoms with Gasteiger partial charge in [-0.25, -0.2) is 4.79 Å². The minimum atomic E-state index is -0.917. The lowest BCUT2D eigenvalue weighted by Crippen LogP contribution is -2.01. The summed E-state index contributed by atoms with van der Waals surface area (Å²) in [5, 5.41) is 12.4. The minimum Gasteiger partial charge on any atom is -0.478 e. The second kappa shape index (κ2) is 3.71. The molecule has 0 saturated carbocycles. The molecule has 0 amide bonds. The van der Waals surface area contributed by atoms with Crippen molar-refractivity contribution in [1.82, 2.24) is 9.78 Å². The summed E-state index contributed by atoms with van der Waals surface area (Å²) in [6.45, 7) is 2.29. The maximum absolute atomic E-state index is 10.2. The second-order valence-corrected chi connectivity index (χ2v) is 2.53. The van der Waals surface area contributed by atoms with Gasteiger partial charge in [0.15, 0.2) is 0 Å². The molecule has 64 valence electrons. The Hall–Kier alpha value is -1.58. The van der Waals surface area contributed by atoms with Gasteiger partial charge >= 0.3 is 5.97 Å². The smallest absolute Gasteiger partial charge is 0.328 e. The van der Waals surface area contributed by atoms with E-state index in [9.17, 15) is 4.79 Å². The van der Waals surface area contributed by atoms with Crippen LogP contribution in [0, 0.1) is 0 Å². The number of carbonyl (C=O) groups is 1. The van der Waals surface area contributed by atoms with E-state index in [4.69, 9.17) is 5.11 Å². The van der Waals surface area contributed by atoms with Crippen molar-refractivity contribution in [2.24, 2.45) is 0 Å². The van der Waals surface area contributed by atoms with Crippen LogP contribution in [-0.2, 0) is 11.3 Å². The summed E-state index contributed by atoms with van der Waals surface area (Å²) >= 11 is 0. The van der Waals surface area contributed by atoms with Crippen molar-refractivity contribution in [3.05, 3.63) is 30.1 Å². The van der Waals surface area contributed by atoms with Gasteiger partial charge in [-0.2, -0.15) is 5.10 Å². The first-order valence-electron chi connectivity index (χ1n) is 3.56. The number of hydrogen-bond donors (Lipinski definition) is 1. The molecule has 0 fully saturated rings. The molecule has 0 aliphatic rings. The van der Waals surface area contributed by atoms with Crippen LogP contribution in [0.4, 0.5) is 0 Å². The molecule has 0 saturated heterocycles. The molecule has 0 bridgehead atoms. The van der Waals surface area contributed by atoms with E-state index in [1.54, 1.807) is 30.1 Å². The van der Waals surface area contributed by atoms with Gasteiger partial charge in [-0.3, -0.25) is 4.68 Å². The lowest BCUT2D eigenvalue weighted by atomic mass is 10.3. The third-order valence-electron chi connectivity index (χ3n) is 1.34. The van der Waals surface area contributed by atoms with Crippen LogP contribution in [0.25, 0.3) is 0 Å². The summed E-state index contributed by atoms with van der Waals surface area (Å²) in [5.41, 5.74) is 0.770. The fraction of sp³-hybridized carbons (Fsp3) is 0.250. The number of allylic oxidation sites excluding steroid dienone is 1. The van der Waals surface area contributed by atoms with Crippen molar-refractivity contribution in [1.29, 1.82) is 0 Å². The molecule has 4 heteroatoms. The van der Waals surface area contributed by atoms with Gasteiger partial charge in [-0.15, -0.1) is 0 Å². The molecule has 0 aliphatic heterocycles. The van der Waals surface area contributed by atoms with Crippen LogP contribution in [0.1, 0.15) is 6.92 Å². The van der Waals surface area contributed by atoms with Gasteiger partial charge in [-0.1, -0.05) is 0 Å². The second-order valence-electron chi connectivity index (χ2n) is 2.53. The summed E-state index contributed by atoms with van der Waals surface area (Å²) in [7, 11) is 0. The van der Waals surface area contributed by atoms with E-state index >= 15 is 0 Å². The van der Waals surface area contributed by atoms with Gasteiger partial charge in [0.1, 0.15) is 0 Å². The Labute approximate surface area is 70.1 Å². The van der Waals surface area contributed by atoms with Crippen molar-refractivity contribution in [2.75, 3.05) is 0 Å². The molecule has 1 N–H and O–H groups in total. The molecule has 12 heavy (non-hydrogen) atoms. The normalized spacial score (nSPS) is 11.6. The molecule has 4 nitrogen and oxygen atoms in total. The quantitative estimate of drug-likeness (QED) is 0.679. The highest BCUT2D eigenvalue weighted by Crippen LogP contribution is 1.96. The van der Waals surface area contributed by atoms with Crippen molar-refractivity contribution in [3.63, 3.8) is 0 Å². The molecule has 0 radical (unpaired) electrons. The summed E-state index contributed by atoms with van der Waals surface area (Å²) in [6, 6.07) is 1.80. The van der Waals surface area contributed by atoms with E-state index in [-0.39, 0.29) is 0 Å². The molecular formula is C8H10N2O2. The molecule has 0 aromatic carbocycles. The Morgan fingerprint density at radius 2 is 2.50 bits per heavy atom. The molecule has 0 spiro atoms. The minimum absolute atomic E-state index is 0.527. The van der Waals surface area contributed by atoms with Crippen LogP contribution >= 0.6 is 0 Å². The molecule has 0 unspecified atom stereocenters. The van der Waals surface area contributed by atoms with Crippen LogP contribution in [0.15, 0.2) is 30.1 Å². The van der Waals surface area contributed by atoms with Crippen LogP contribution < -0.4 is 0 Å².